The lowest BCUT2D eigenvalue weighted by molar-refractivity contribution is -0.275. The van der Waals surface area contributed by atoms with Crippen LogP contribution in [0.4, 0.5) is 13.2 Å². The number of esters is 1. The lowest BCUT2D eigenvalue weighted by atomic mass is 10.3. The predicted molar refractivity (Wildman–Crippen MR) is 56.3 cm³/mol. The van der Waals surface area contributed by atoms with E-state index in [-0.39, 0.29) is 6.61 Å². The molecular weight excluding hydrogens is 271 g/mol. The number of aromatic amines is 1. The molecule has 0 saturated carbocycles. The zero-order valence-corrected chi connectivity index (χ0v) is 9.96. The highest BCUT2D eigenvalue weighted by molar-refractivity contribution is 5.91. The number of nitrogens with one attached hydrogen (secondary N) is 1. The van der Waals surface area contributed by atoms with Crippen LogP contribution in [-0.4, -0.2) is 31.0 Å². The SMILES string of the molecule is CCOC(=O)c1[nH]c(=O)cc(OC)c1OC(F)(F)F. The van der Waals surface area contributed by atoms with Crippen molar-refractivity contribution in [1.82, 2.24) is 4.98 Å². The third-order valence-electron chi connectivity index (χ3n) is 1.88. The van der Waals surface area contributed by atoms with Crippen molar-refractivity contribution in [1.29, 1.82) is 0 Å². The Labute approximate surface area is 105 Å². The molecule has 1 aromatic heterocycles. The summed E-state index contributed by atoms with van der Waals surface area (Å²) in [6.45, 7) is 1.38. The van der Waals surface area contributed by atoms with Crippen molar-refractivity contribution in [2.75, 3.05) is 13.7 Å². The van der Waals surface area contributed by atoms with Gasteiger partial charge in [-0.15, -0.1) is 13.2 Å². The highest BCUT2D eigenvalue weighted by Crippen LogP contribution is 2.33. The average Bonchev–Trinajstić information content (AvgIpc) is 2.29. The molecule has 1 heterocycles. The second-order valence-corrected chi connectivity index (χ2v) is 3.17. The van der Waals surface area contributed by atoms with Crippen molar-refractivity contribution in [3.8, 4) is 11.5 Å². The maximum atomic E-state index is 12.3. The van der Waals surface area contributed by atoms with Crippen molar-refractivity contribution in [3.63, 3.8) is 0 Å². The zero-order chi connectivity index (χ0) is 14.6. The highest BCUT2D eigenvalue weighted by atomic mass is 19.4. The monoisotopic (exact) mass is 281 g/mol. The van der Waals surface area contributed by atoms with Crippen LogP contribution in [0.25, 0.3) is 0 Å². The molecule has 0 aliphatic carbocycles. The van der Waals surface area contributed by atoms with E-state index < -0.39 is 35.1 Å². The van der Waals surface area contributed by atoms with Gasteiger partial charge < -0.3 is 19.2 Å². The van der Waals surface area contributed by atoms with E-state index in [2.05, 4.69) is 14.2 Å². The molecule has 0 unspecified atom stereocenters. The van der Waals surface area contributed by atoms with Gasteiger partial charge in [-0.3, -0.25) is 4.79 Å². The summed E-state index contributed by atoms with van der Waals surface area (Å²) in [6, 6.07) is 0.726. The molecule has 9 heteroatoms. The molecule has 1 rings (SSSR count). The number of alkyl halides is 3. The van der Waals surface area contributed by atoms with Crippen LogP contribution in [-0.2, 0) is 4.74 Å². The van der Waals surface area contributed by atoms with Crippen molar-refractivity contribution in [2.45, 2.75) is 13.3 Å². The van der Waals surface area contributed by atoms with Gasteiger partial charge >= 0.3 is 12.3 Å². The van der Waals surface area contributed by atoms with Crippen LogP contribution in [0.15, 0.2) is 10.9 Å². The molecule has 0 atom stereocenters. The van der Waals surface area contributed by atoms with Gasteiger partial charge in [0.05, 0.1) is 13.7 Å². The smallest absolute Gasteiger partial charge is 0.493 e. The quantitative estimate of drug-likeness (QED) is 0.845. The Hall–Kier alpha value is -2.19. The Kier molecular flexibility index (Phi) is 4.41. The summed E-state index contributed by atoms with van der Waals surface area (Å²) < 4.78 is 49.6. The minimum absolute atomic E-state index is 0.0798. The summed E-state index contributed by atoms with van der Waals surface area (Å²) in [5.41, 5.74) is -1.59. The molecule has 0 amide bonds. The molecule has 0 fully saturated rings. The van der Waals surface area contributed by atoms with Gasteiger partial charge in [-0.05, 0) is 6.92 Å². The first kappa shape index (κ1) is 14.9. The number of aromatic nitrogens is 1. The number of hydrogen-bond donors (Lipinski definition) is 1. The molecular formula is C10H10F3NO5. The van der Waals surface area contributed by atoms with E-state index >= 15 is 0 Å². The van der Waals surface area contributed by atoms with Gasteiger partial charge in [0.15, 0.2) is 11.4 Å². The predicted octanol–water partition coefficient (Wildman–Crippen LogP) is 1.46. The molecule has 0 bridgehead atoms. The molecule has 19 heavy (non-hydrogen) atoms. The largest absolute Gasteiger partial charge is 0.573 e. The van der Waals surface area contributed by atoms with Gasteiger partial charge in [0.2, 0.25) is 5.75 Å². The number of halogens is 3. The maximum absolute atomic E-state index is 12.3. The number of ether oxygens (including phenoxy) is 3. The van der Waals surface area contributed by atoms with Crippen LogP contribution < -0.4 is 15.0 Å². The Bertz CT molecular complexity index is 523. The fourth-order valence-corrected chi connectivity index (χ4v) is 1.24. The minimum Gasteiger partial charge on any atom is -0.493 e. The molecule has 106 valence electrons. The molecule has 0 spiro atoms. The van der Waals surface area contributed by atoms with Gasteiger partial charge in [0.1, 0.15) is 0 Å². The summed E-state index contributed by atoms with van der Waals surface area (Å²) in [5.74, 6) is -2.63. The summed E-state index contributed by atoms with van der Waals surface area (Å²) in [5, 5.41) is 0. The summed E-state index contributed by atoms with van der Waals surface area (Å²) in [4.78, 5) is 24.6. The first-order valence-corrected chi connectivity index (χ1v) is 5.02. The van der Waals surface area contributed by atoms with Crippen LogP contribution in [0, 0.1) is 0 Å². The molecule has 1 aromatic rings. The highest BCUT2D eigenvalue weighted by Gasteiger charge is 2.35. The molecule has 0 saturated heterocycles. The maximum Gasteiger partial charge on any atom is 0.573 e. The normalized spacial score (nSPS) is 11.0. The number of rotatable bonds is 4. The molecule has 0 aromatic carbocycles. The number of H-pyrrole nitrogens is 1. The van der Waals surface area contributed by atoms with E-state index in [1.54, 1.807) is 0 Å². The average molecular weight is 281 g/mol. The van der Waals surface area contributed by atoms with E-state index in [0.717, 1.165) is 13.2 Å². The summed E-state index contributed by atoms with van der Waals surface area (Å²) in [6.07, 6.45) is -5.05. The topological polar surface area (TPSA) is 77.6 Å². The number of carbonyl (C=O) groups is 1. The summed E-state index contributed by atoms with van der Waals surface area (Å²) >= 11 is 0. The molecule has 6 nitrogen and oxygen atoms in total. The second-order valence-electron chi connectivity index (χ2n) is 3.17. The van der Waals surface area contributed by atoms with Crippen LogP contribution >= 0.6 is 0 Å². The first-order valence-electron chi connectivity index (χ1n) is 5.02. The van der Waals surface area contributed by atoms with Crippen LogP contribution in [0.2, 0.25) is 0 Å². The third kappa shape index (κ3) is 3.90. The van der Waals surface area contributed by atoms with E-state index in [0.29, 0.717) is 0 Å². The zero-order valence-electron chi connectivity index (χ0n) is 9.96. The molecule has 1 N–H and O–H groups in total. The van der Waals surface area contributed by atoms with Gasteiger partial charge in [-0.2, -0.15) is 0 Å². The van der Waals surface area contributed by atoms with E-state index in [1.165, 1.54) is 6.92 Å². The number of carbonyl (C=O) groups excluding carboxylic acids is 1. The Balaban J connectivity index is 3.37. The van der Waals surface area contributed by atoms with Crippen LogP contribution in [0.3, 0.4) is 0 Å². The fraction of sp³-hybridized carbons (Fsp3) is 0.400. The van der Waals surface area contributed by atoms with E-state index in [4.69, 9.17) is 0 Å². The Morgan fingerprint density at radius 2 is 2.05 bits per heavy atom. The molecule has 0 radical (unpaired) electrons. The number of pyridine rings is 1. The van der Waals surface area contributed by atoms with Crippen LogP contribution in [0.1, 0.15) is 17.4 Å². The standard InChI is InChI=1S/C10H10F3NO5/c1-3-18-9(16)7-8(19-10(11,12)13)5(17-2)4-6(15)14-7/h4H,3H2,1-2H3,(H,14,15). The van der Waals surface area contributed by atoms with Gasteiger partial charge in [0, 0.05) is 6.07 Å². The lowest BCUT2D eigenvalue weighted by Crippen LogP contribution is -2.23. The van der Waals surface area contributed by atoms with Crippen molar-refractivity contribution < 1.29 is 32.2 Å². The molecule has 0 aliphatic rings. The van der Waals surface area contributed by atoms with Gasteiger partial charge in [-0.25, -0.2) is 4.79 Å². The van der Waals surface area contributed by atoms with Crippen molar-refractivity contribution >= 4 is 5.97 Å². The Morgan fingerprint density at radius 3 is 2.53 bits per heavy atom. The fourth-order valence-electron chi connectivity index (χ4n) is 1.24. The Morgan fingerprint density at radius 1 is 1.42 bits per heavy atom. The third-order valence-corrected chi connectivity index (χ3v) is 1.88. The van der Waals surface area contributed by atoms with Crippen molar-refractivity contribution in [3.05, 3.63) is 22.1 Å². The van der Waals surface area contributed by atoms with Gasteiger partial charge in [0.25, 0.3) is 5.56 Å². The van der Waals surface area contributed by atoms with Crippen LogP contribution in [0.5, 0.6) is 11.5 Å². The second kappa shape index (κ2) is 5.63. The van der Waals surface area contributed by atoms with E-state index in [9.17, 15) is 22.8 Å². The van der Waals surface area contributed by atoms with E-state index in [1.807, 2.05) is 4.98 Å². The molecule has 0 aliphatic heterocycles. The van der Waals surface area contributed by atoms with Gasteiger partial charge in [-0.1, -0.05) is 0 Å². The summed E-state index contributed by atoms with van der Waals surface area (Å²) in [7, 11) is 1.03. The number of hydrogen-bond acceptors (Lipinski definition) is 5. The number of methoxy groups -OCH3 is 1. The van der Waals surface area contributed by atoms with Crippen molar-refractivity contribution in [2.24, 2.45) is 0 Å². The minimum atomic E-state index is -5.05. The lowest BCUT2D eigenvalue weighted by Gasteiger charge is -2.14. The first-order chi connectivity index (χ1) is 8.78.